The van der Waals surface area contributed by atoms with Gasteiger partial charge in [0.25, 0.3) is 5.91 Å². The van der Waals surface area contributed by atoms with Crippen molar-refractivity contribution >= 4 is 17.5 Å². The van der Waals surface area contributed by atoms with Gasteiger partial charge in [-0.3, -0.25) is 4.79 Å². The predicted octanol–water partition coefficient (Wildman–Crippen LogP) is 4.60. The van der Waals surface area contributed by atoms with Crippen molar-refractivity contribution in [2.45, 2.75) is 39.2 Å². The van der Waals surface area contributed by atoms with Crippen LogP contribution < -0.4 is 14.8 Å². The average Bonchev–Trinajstić information content (AvgIpc) is 2.60. The maximum atomic E-state index is 12.2. The third-order valence-electron chi connectivity index (χ3n) is 3.86. The summed E-state index contributed by atoms with van der Waals surface area (Å²) in [5.41, 5.74) is 1.14. The lowest BCUT2D eigenvalue weighted by atomic mass is 9.86. The molecule has 0 bridgehead atoms. The second kappa shape index (κ2) is 8.95. The van der Waals surface area contributed by atoms with Gasteiger partial charge in [0.05, 0.1) is 11.6 Å². The molecule has 2 aromatic carbocycles. The molecule has 5 heteroatoms. The number of halogens is 1. The fourth-order valence-electron chi connectivity index (χ4n) is 2.48. The first-order valence-electron chi connectivity index (χ1n) is 8.70. The number of carbonyl (C=O) groups excluding carboxylic acids is 1. The van der Waals surface area contributed by atoms with Gasteiger partial charge in [0.2, 0.25) is 0 Å². The van der Waals surface area contributed by atoms with Crippen LogP contribution in [0.2, 0.25) is 5.02 Å². The van der Waals surface area contributed by atoms with Gasteiger partial charge in [-0.05, 0) is 36.1 Å². The van der Waals surface area contributed by atoms with Crippen molar-refractivity contribution in [1.82, 2.24) is 5.32 Å². The molecule has 0 aliphatic carbocycles. The lowest BCUT2D eigenvalue weighted by molar-refractivity contribution is -0.127. The zero-order chi connectivity index (χ0) is 19.2. The highest BCUT2D eigenvalue weighted by molar-refractivity contribution is 6.32. The molecular formula is C21H26ClNO3. The monoisotopic (exact) mass is 375 g/mol. The Morgan fingerprint density at radius 2 is 1.69 bits per heavy atom. The summed E-state index contributed by atoms with van der Waals surface area (Å²) in [6, 6.07) is 15.0. The third-order valence-corrected chi connectivity index (χ3v) is 4.18. The molecule has 2 rings (SSSR count). The van der Waals surface area contributed by atoms with E-state index in [1.807, 2.05) is 30.3 Å². The van der Waals surface area contributed by atoms with Crippen LogP contribution >= 0.6 is 11.6 Å². The van der Waals surface area contributed by atoms with Crippen molar-refractivity contribution < 1.29 is 14.3 Å². The highest BCUT2D eigenvalue weighted by atomic mass is 35.5. The van der Waals surface area contributed by atoms with Gasteiger partial charge >= 0.3 is 0 Å². The zero-order valence-electron chi connectivity index (χ0n) is 15.7. The van der Waals surface area contributed by atoms with Crippen LogP contribution in [0.25, 0.3) is 0 Å². The fraction of sp³-hybridized carbons (Fsp3) is 0.381. The molecule has 4 nitrogen and oxygen atoms in total. The van der Waals surface area contributed by atoms with Crippen LogP contribution in [0.3, 0.4) is 0 Å². The summed E-state index contributed by atoms with van der Waals surface area (Å²) in [5.74, 6) is 1.12. The van der Waals surface area contributed by atoms with E-state index in [0.29, 0.717) is 23.9 Å². The second-order valence-electron chi connectivity index (χ2n) is 7.08. The Balaban J connectivity index is 1.81. The van der Waals surface area contributed by atoms with E-state index in [4.69, 9.17) is 21.1 Å². The minimum atomic E-state index is -0.642. The Hall–Kier alpha value is -2.20. The average molecular weight is 376 g/mol. The van der Waals surface area contributed by atoms with Gasteiger partial charge in [-0.15, -0.1) is 0 Å². The van der Waals surface area contributed by atoms with Crippen LogP contribution in [0.5, 0.6) is 11.5 Å². The van der Waals surface area contributed by atoms with Crippen LogP contribution in [-0.2, 0) is 10.2 Å². The molecule has 2 aromatic rings. The molecule has 1 N–H and O–H groups in total. The van der Waals surface area contributed by atoms with Crippen LogP contribution in [0.4, 0.5) is 0 Å². The summed E-state index contributed by atoms with van der Waals surface area (Å²) in [6.07, 6.45) is -0.642. The number of hydrogen-bond donors (Lipinski definition) is 1. The molecule has 1 atom stereocenters. The van der Waals surface area contributed by atoms with E-state index in [1.165, 1.54) is 0 Å². The summed E-state index contributed by atoms with van der Waals surface area (Å²) in [5, 5.41) is 3.30. The maximum Gasteiger partial charge on any atom is 0.260 e. The summed E-state index contributed by atoms with van der Waals surface area (Å²) in [7, 11) is 0. The van der Waals surface area contributed by atoms with Crippen molar-refractivity contribution in [3.8, 4) is 11.5 Å². The first kappa shape index (κ1) is 20.1. The minimum Gasteiger partial charge on any atom is -0.491 e. The molecule has 0 unspecified atom stereocenters. The number of amides is 1. The zero-order valence-corrected chi connectivity index (χ0v) is 16.5. The quantitative estimate of drug-likeness (QED) is 0.719. The highest BCUT2D eigenvalue weighted by Gasteiger charge is 2.19. The van der Waals surface area contributed by atoms with Crippen LogP contribution in [0.15, 0.2) is 48.5 Å². The molecule has 140 valence electrons. The molecule has 26 heavy (non-hydrogen) atoms. The van der Waals surface area contributed by atoms with Crippen LogP contribution in [0.1, 0.15) is 33.3 Å². The molecule has 0 aliphatic rings. The molecule has 0 spiro atoms. The van der Waals surface area contributed by atoms with E-state index < -0.39 is 6.10 Å². The van der Waals surface area contributed by atoms with Gasteiger partial charge in [0.1, 0.15) is 18.1 Å². The summed E-state index contributed by atoms with van der Waals surface area (Å²) in [6.45, 7) is 8.90. The summed E-state index contributed by atoms with van der Waals surface area (Å²) in [4.78, 5) is 12.2. The number of rotatable bonds is 7. The van der Waals surface area contributed by atoms with E-state index in [2.05, 4.69) is 32.2 Å². The largest absolute Gasteiger partial charge is 0.491 e. The number of benzene rings is 2. The van der Waals surface area contributed by atoms with E-state index in [0.717, 1.165) is 11.3 Å². The van der Waals surface area contributed by atoms with Crippen LogP contribution in [0, 0.1) is 0 Å². The minimum absolute atomic E-state index is 0.00283. The van der Waals surface area contributed by atoms with E-state index in [1.54, 1.807) is 19.1 Å². The highest BCUT2D eigenvalue weighted by Crippen LogP contribution is 2.30. The van der Waals surface area contributed by atoms with Gasteiger partial charge in [-0.2, -0.15) is 0 Å². The second-order valence-corrected chi connectivity index (χ2v) is 7.48. The molecule has 0 aliphatic heterocycles. The molecular weight excluding hydrogens is 350 g/mol. The number of ether oxygens (including phenoxy) is 2. The number of hydrogen-bond acceptors (Lipinski definition) is 3. The molecule has 0 fully saturated rings. The van der Waals surface area contributed by atoms with Crippen molar-refractivity contribution in [3.63, 3.8) is 0 Å². The topological polar surface area (TPSA) is 47.6 Å². The molecule has 0 aromatic heterocycles. The van der Waals surface area contributed by atoms with Gasteiger partial charge in [-0.1, -0.05) is 62.7 Å². The Morgan fingerprint density at radius 1 is 1.08 bits per heavy atom. The standard InChI is InChI=1S/C21H26ClNO3/c1-15(26-19-12-8-6-10-17(19)22)20(24)23-13-14-25-18-11-7-5-9-16(18)21(2,3)4/h5-12,15H,13-14H2,1-4H3,(H,23,24)/t15-/m0/s1. The normalized spacial score (nSPS) is 12.3. The van der Waals surface area contributed by atoms with Crippen molar-refractivity contribution in [3.05, 3.63) is 59.1 Å². The predicted molar refractivity (Wildman–Crippen MR) is 105 cm³/mol. The molecule has 0 saturated carbocycles. The van der Waals surface area contributed by atoms with Crippen LogP contribution in [-0.4, -0.2) is 25.2 Å². The fourth-order valence-corrected chi connectivity index (χ4v) is 2.66. The van der Waals surface area contributed by atoms with E-state index in [9.17, 15) is 4.79 Å². The molecule has 0 radical (unpaired) electrons. The number of nitrogens with one attached hydrogen (secondary N) is 1. The Morgan fingerprint density at radius 3 is 2.35 bits per heavy atom. The van der Waals surface area contributed by atoms with Crippen molar-refractivity contribution in [2.75, 3.05) is 13.2 Å². The number of para-hydroxylation sites is 2. The lowest BCUT2D eigenvalue weighted by Gasteiger charge is -2.22. The maximum absolute atomic E-state index is 12.2. The Kier molecular flexibility index (Phi) is 6.92. The molecule has 0 saturated heterocycles. The molecule has 0 heterocycles. The Labute approximate surface area is 160 Å². The SMILES string of the molecule is C[C@H](Oc1ccccc1Cl)C(=O)NCCOc1ccccc1C(C)(C)C. The van der Waals surface area contributed by atoms with Gasteiger partial charge < -0.3 is 14.8 Å². The first-order chi connectivity index (χ1) is 12.3. The third kappa shape index (κ3) is 5.67. The smallest absolute Gasteiger partial charge is 0.260 e. The van der Waals surface area contributed by atoms with E-state index in [-0.39, 0.29) is 11.3 Å². The summed E-state index contributed by atoms with van der Waals surface area (Å²) >= 11 is 6.04. The first-order valence-corrected chi connectivity index (χ1v) is 9.08. The van der Waals surface area contributed by atoms with Crippen molar-refractivity contribution in [1.29, 1.82) is 0 Å². The molecule has 1 amide bonds. The van der Waals surface area contributed by atoms with Gasteiger partial charge in [0, 0.05) is 0 Å². The van der Waals surface area contributed by atoms with E-state index >= 15 is 0 Å². The van der Waals surface area contributed by atoms with Crippen molar-refractivity contribution in [2.24, 2.45) is 0 Å². The van der Waals surface area contributed by atoms with Gasteiger partial charge in [0.15, 0.2) is 6.10 Å². The number of carbonyl (C=O) groups is 1. The lowest BCUT2D eigenvalue weighted by Crippen LogP contribution is -2.38. The summed E-state index contributed by atoms with van der Waals surface area (Å²) < 4.78 is 11.5. The Bertz CT molecular complexity index is 740. The van der Waals surface area contributed by atoms with Gasteiger partial charge in [-0.25, -0.2) is 0 Å².